The van der Waals surface area contributed by atoms with Crippen LogP contribution < -0.4 is 0 Å². The highest BCUT2D eigenvalue weighted by Crippen LogP contribution is 2.32. The molecule has 0 unspecified atom stereocenters. The predicted molar refractivity (Wildman–Crippen MR) is 63.5 cm³/mol. The van der Waals surface area contributed by atoms with Crippen LogP contribution >= 0.6 is 11.6 Å². The molecule has 0 saturated carbocycles. The van der Waals surface area contributed by atoms with Gasteiger partial charge in [0.2, 0.25) is 0 Å². The fourth-order valence-corrected chi connectivity index (χ4v) is 3.14. The van der Waals surface area contributed by atoms with E-state index in [2.05, 4.69) is 4.40 Å². The van der Waals surface area contributed by atoms with E-state index in [-0.39, 0.29) is 4.90 Å². The molecule has 6 heteroatoms. The Morgan fingerprint density at radius 3 is 2.75 bits per heavy atom. The predicted octanol–water partition coefficient (Wildman–Crippen LogP) is 1.74. The second-order valence-electron chi connectivity index (χ2n) is 3.52. The zero-order valence-electron chi connectivity index (χ0n) is 8.94. The van der Waals surface area contributed by atoms with Crippen LogP contribution in [-0.2, 0) is 10.0 Å². The molecule has 4 nitrogen and oxygen atoms in total. The number of nitrogens with zero attached hydrogens (tertiary/aromatic N) is 2. The zero-order valence-corrected chi connectivity index (χ0v) is 10.5. The van der Waals surface area contributed by atoms with Gasteiger partial charge in [0.15, 0.2) is 5.84 Å². The fourth-order valence-electron chi connectivity index (χ4n) is 1.56. The number of rotatable bonds is 1. The smallest absolute Gasteiger partial charge is 0.285 e. The minimum Gasteiger partial charge on any atom is -0.359 e. The molecule has 1 aliphatic heterocycles. The Morgan fingerprint density at radius 1 is 1.44 bits per heavy atom. The van der Waals surface area contributed by atoms with Gasteiger partial charge in [-0.25, -0.2) is 0 Å². The van der Waals surface area contributed by atoms with Crippen molar-refractivity contribution in [3.8, 4) is 0 Å². The van der Waals surface area contributed by atoms with Gasteiger partial charge in [0, 0.05) is 13.6 Å². The normalized spacial score (nSPS) is 16.8. The monoisotopic (exact) mass is 258 g/mol. The summed E-state index contributed by atoms with van der Waals surface area (Å²) in [6.45, 7) is 2.59. The fraction of sp³-hybridized carbons (Fsp3) is 0.300. The molecule has 0 N–H and O–H groups in total. The molecule has 2 rings (SSSR count). The SMILES string of the molecule is CCN(C)C1=NS(=O)(=O)c2cccc(Cl)c21. The van der Waals surface area contributed by atoms with Gasteiger partial charge in [0.25, 0.3) is 10.0 Å². The third-order valence-corrected chi connectivity index (χ3v) is 4.14. The molecule has 0 amide bonds. The Hall–Kier alpha value is -1.07. The van der Waals surface area contributed by atoms with Gasteiger partial charge >= 0.3 is 0 Å². The first-order valence-corrected chi connectivity index (χ1v) is 6.64. The molecule has 86 valence electrons. The van der Waals surface area contributed by atoms with Gasteiger partial charge in [-0.3, -0.25) is 0 Å². The maximum absolute atomic E-state index is 11.8. The molecule has 0 fully saturated rings. The van der Waals surface area contributed by atoms with Crippen molar-refractivity contribution >= 4 is 27.5 Å². The van der Waals surface area contributed by atoms with Crippen LogP contribution in [0.3, 0.4) is 0 Å². The van der Waals surface area contributed by atoms with E-state index < -0.39 is 10.0 Å². The molecule has 0 radical (unpaired) electrons. The van der Waals surface area contributed by atoms with E-state index in [0.717, 1.165) is 0 Å². The standard InChI is InChI=1S/C10H11ClN2O2S/c1-3-13(2)10-9-7(11)5-4-6-8(9)16(14,15)12-10/h4-6H,3H2,1-2H3. The van der Waals surface area contributed by atoms with Gasteiger partial charge < -0.3 is 4.90 Å². The Bertz CT molecular complexity index is 566. The molecular weight excluding hydrogens is 248 g/mol. The van der Waals surface area contributed by atoms with Crippen LogP contribution in [-0.4, -0.2) is 32.7 Å². The third kappa shape index (κ3) is 1.60. The van der Waals surface area contributed by atoms with Crippen LogP contribution in [0.2, 0.25) is 5.02 Å². The Labute approximate surface area is 99.6 Å². The van der Waals surface area contributed by atoms with Crippen LogP contribution in [0.4, 0.5) is 0 Å². The van der Waals surface area contributed by atoms with Crippen LogP contribution in [0.15, 0.2) is 27.5 Å². The molecule has 0 bridgehead atoms. The van der Waals surface area contributed by atoms with E-state index in [1.165, 1.54) is 6.07 Å². The zero-order chi connectivity index (χ0) is 11.9. The number of halogens is 1. The summed E-state index contributed by atoms with van der Waals surface area (Å²) in [6.07, 6.45) is 0. The third-order valence-electron chi connectivity index (χ3n) is 2.52. The molecule has 1 aromatic carbocycles. The topological polar surface area (TPSA) is 49.7 Å². The van der Waals surface area contributed by atoms with Crippen molar-refractivity contribution in [2.75, 3.05) is 13.6 Å². The largest absolute Gasteiger partial charge is 0.359 e. The van der Waals surface area contributed by atoms with Crippen molar-refractivity contribution in [3.63, 3.8) is 0 Å². The highest BCUT2D eigenvalue weighted by Gasteiger charge is 2.32. The molecule has 16 heavy (non-hydrogen) atoms. The molecule has 0 aromatic heterocycles. The van der Waals surface area contributed by atoms with E-state index in [9.17, 15) is 8.42 Å². The van der Waals surface area contributed by atoms with E-state index in [4.69, 9.17) is 11.6 Å². The van der Waals surface area contributed by atoms with E-state index in [1.807, 2.05) is 6.92 Å². The summed E-state index contributed by atoms with van der Waals surface area (Å²) in [4.78, 5) is 1.95. The Balaban J connectivity index is 2.72. The lowest BCUT2D eigenvalue weighted by atomic mass is 10.2. The highest BCUT2D eigenvalue weighted by atomic mass is 35.5. The first kappa shape index (κ1) is 11.4. The van der Waals surface area contributed by atoms with Crippen molar-refractivity contribution in [2.45, 2.75) is 11.8 Å². The molecule has 1 heterocycles. The quantitative estimate of drug-likeness (QED) is 0.771. The van der Waals surface area contributed by atoms with Gasteiger partial charge in [-0.15, -0.1) is 4.40 Å². The second-order valence-corrected chi connectivity index (χ2v) is 5.50. The minimum absolute atomic E-state index is 0.190. The van der Waals surface area contributed by atoms with Crippen molar-refractivity contribution in [3.05, 3.63) is 28.8 Å². The summed E-state index contributed by atoms with van der Waals surface area (Å²) in [6, 6.07) is 4.81. The van der Waals surface area contributed by atoms with Crippen LogP contribution in [0, 0.1) is 0 Å². The van der Waals surface area contributed by atoms with E-state index in [0.29, 0.717) is 23.0 Å². The van der Waals surface area contributed by atoms with Crippen molar-refractivity contribution in [1.29, 1.82) is 0 Å². The second kappa shape index (κ2) is 3.75. The average molecular weight is 259 g/mol. The summed E-state index contributed by atoms with van der Waals surface area (Å²) < 4.78 is 27.3. The van der Waals surface area contributed by atoms with Gasteiger partial charge in [0.05, 0.1) is 10.6 Å². The lowest BCUT2D eigenvalue weighted by molar-refractivity contribution is 0.537. The number of benzene rings is 1. The summed E-state index contributed by atoms with van der Waals surface area (Å²) in [5.74, 6) is 0.420. The van der Waals surface area contributed by atoms with Gasteiger partial charge in [-0.05, 0) is 19.1 Å². The molecule has 1 aromatic rings. The average Bonchev–Trinajstić information content (AvgIpc) is 2.52. The summed E-state index contributed by atoms with van der Waals surface area (Å²) in [5.41, 5.74) is 0.508. The number of sulfonamides is 1. The lowest BCUT2D eigenvalue weighted by Gasteiger charge is -2.16. The molecule has 1 aliphatic rings. The van der Waals surface area contributed by atoms with Crippen LogP contribution in [0.25, 0.3) is 0 Å². The van der Waals surface area contributed by atoms with Gasteiger partial charge in [-0.2, -0.15) is 8.42 Å². The van der Waals surface area contributed by atoms with Gasteiger partial charge in [0.1, 0.15) is 4.90 Å². The maximum Gasteiger partial charge on any atom is 0.285 e. The van der Waals surface area contributed by atoms with Crippen LogP contribution in [0.1, 0.15) is 12.5 Å². The molecule has 0 aliphatic carbocycles. The van der Waals surface area contributed by atoms with E-state index >= 15 is 0 Å². The number of fused-ring (bicyclic) bond motifs is 1. The minimum atomic E-state index is -3.57. The summed E-state index contributed by atoms with van der Waals surface area (Å²) in [5, 5.41) is 0.414. The number of hydrogen-bond donors (Lipinski definition) is 0. The Morgan fingerprint density at radius 2 is 2.12 bits per heavy atom. The van der Waals surface area contributed by atoms with Crippen molar-refractivity contribution < 1.29 is 8.42 Å². The molecular formula is C10H11ClN2O2S. The summed E-state index contributed by atoms with van der Waals surface area (Å²) >= 11 is 6.02. The molecule has 0 saturated heterocycles. The molecule has 0 spiro atoms. The maximum atomic E-state index is 11.8. The molecule has 0 atom stereocenters. The number of hydrogen-bond acceptors (Lipinski definition) is 3. The van der Waals surface area contributed by atoms with Crippen LogP contribution in [0.5, 0.6) is 0 Å². The number of amidine groups is 1. The van der Waals surface area contributed by atoms with E-state index in [1.54, 1.807) is 24.1 Å². The Kier molecular flexibility index (Phi) is 2.67. The first-order chi connectivity index (χ1) is 7.47. The lowest BCUT2D eigenvalue weighted by Crippen LogP contribution is -2.26. The van der Waals surface area contributed by atoms with Gasteiger partial charge in [-0.1, -0.05) is 17.7 Å². The highest BCUT2D eigenvalue weighted by molar-refractivity contribution is 7.90. The van der Waals surface area contributed by atoms with Crippen molar-refractivity contribution in [2.24, 2.45) is 4.40 Å². The summed E-state index contributed by atoms with van der Waals surface area (Å²) in [7, 11) is -1.79. The van der Waals surface area contributed by atoms with Crippen molar-refractivity contribution in [1.82, 2.24) is 4.90 Å². The first-order valence-electron chi connectivity index (χ1n) is 4.82.